The number of carbonyl (C=O) groups excluding carboxylic acids is 2. The molecule has 0 radical (unpaired) electrons. The number of benzene rings is 1. The van der Waals surface area contributed by atoms with Gasteiger partial charge in [-0.2, -0.15) is 0 Å². The molecule has 0 unspecified atom stereocenters. The third-order valence-corrected chi connectivity index (χ3v) is 9.73. The molecule has 10 heteroatoms. The predicted molar refractivity (Wildman–Crippen MR) is 169 cm³/mol. The van der Waals surface area contributed by atoms with E-state index in [1.54, 1.807) is 28.8 Å². The van der Waals surface area contributed by atoms with Crippen LogP contribution in [0.2, 0.25) is 0 Å². The number of thiocarbonyl (C=S) groups is 1. The van der Waals surface area contributed by atoms with Crippen LogP contribution in [0, 0.1) is 5.92 Å². The Bertz CT molecular complexity index is 1020. The molecule has 1 aromatic rings. The first kappa shape index (κ1) is 31.9. The number of aromatic hydroxyl groups is 1. The molecule has 41 heavy (non-hydrogen) atoms. The number of carbonyl (C=O) groups is 2. The molecule has 0 bridgehead atoms. The second kappa shape index (κ2) is 14.9. The lowest BCUT2D eigenvalue weighted by Crippen LogP contribution is -2.55. The van der Waals surface area contributed by atoms with Crippen LogP contribution in [0.15, 0.2) is 24.3 Å². The van der Waals surface area contributed by atoms with Crippen molar-refractivity contribution in [2.24, 2.45) is 5.92 Å². The summed E-state index contributed by atoms with van der Waals surface area (Å²) in [6.07, 6.45) is 9.79. The average molecular weight is 605 g/mol. The number of likely N-dealkylation sites (tertiary alicyclic amines) is 1. The van der Waals surface area contributed by atoms with E-state index in [4.69, 9.17) is 17.0 Å². The Hall–Kier alpha value is -2.04. The van der Waals surface area contributed by atoms with Gasteiger partial charge in [-0.1, -0.05) is 56.5 Å². The van der Waals surface area contributed by atoms with E-state index >= 15 is 0 Å². The number of hydrogen-bond acceptors (Lipinski definition) is 7. The molecule has 8 nitrogen and oxygen atoms in total. The van der Waals surface area contributed by atoms with Crippen molar-refractivity contribution in [3.05, 3.63) is 29.8 Å². The smallest absolute Gasteiger partial charge is 0.411 e. The molecule has 228 valence electrons. The number of piperidine rings is 1. The molecule has 3 aliphatic rings. The molecule has 1 saturated carbocycles. The van der Waals surface area contributed by atoms with Gasteiger partial charge in [0.05, 0.1) is 16.9 Å². The monoisotopic (exact) mass is 604 g/mol. The summed E-state index contributed by atoms with van der Waals surface area (Å²) >= 11 is 7.51. The summed E-state index contributed by atoms with van der Waals surface area (Å²) in [5, 5.41) is 16.4. The molecule has 2 saturated heterocycles. The van der Waals surface area contributed by atoms with Crippen molar-refractivity contribution in [3.63, 3.8) is 0 Å². The Labute approximate surface area is 255 Å². The number of ether oxygens (including phenoxy) is 1. The number of hydrogen-bond donors (Lipinski definition) is 3. The van der Waals surface area contributed by atoms with Crippen molar-refractivity contribution in [1.29, 1.82) is 0 Å². The lowest BCUT2D eigenvalue weighted by molar-refractivity contribution is -0.125. The zero-order chi connectivity index (χ0) is 29.4. The number of phenolic OH excluding ortho intramolecular Hbond substituents is 1. The molecule has 1 aromatic carbocycles. The van der Waals surface area contributed by atoms with Gasteiger partial charge in [-0.15, -0.1) is 11.8 Å². The number of nitrogens with one attached hydrogen (secondary N) is 2. The van der Waals surface area contributed by atoms with Crippen LogP contribution in [0.4, 0.5) is 4.79 Å². The topological polar surface area (TPSA) is 94.1 Å². The van der Waals surface area contributed by atoms with E-state index in [0.717, 1.165) is 45.3 Å². The largest absolute Gasteiger partial charge is 0.508 e. The lowest BCUT2D eigenvalue weighted by Gasteiger charge is -2.35. The van der Waals surface area contributed by atoms with Crippen molar-refractivity contribution in [2.45, 2.75) is 109 Å². The molecule has 2 heterocycles. The number of rotatable bonds is 9. The number of amides is 2. The fourth-order valence-corrected chi connectivity index (χ4v) is 7.46. The van der Waals surface area contributed by atoms with E-state index in [1.807, 2.05) is 32.9 Å². The molecule has 1 aliphatic carbocycles. The van der Waals surface area contributed by atoms with E-state index in [9.17, 15) is 14.7 Å². The van der Waals surface area contributed by atoms with Crippen molar-refractivity contribution in [2.75, 3.05) is 24.7 Å². The fourth-order valence-electron chi connectivity index (χ4n) is 5.97. The standard InChI is InChI=1S/C31H48N4O4S2/c1-31(2,3)39-30(38)35-21-41-20-27(35)28(37)33-26(14-11-22-7-5-4-6-8-22)29(40)32-24-15-17-34(18-16-24)19-23-9-12-25(36)13-10-23/h9-10,12-13,22,24,26-27,36H,4-8,11,14-21H2,1-3H3,(H,32,40)(H,33,37)/t26-,27+/m1/s1. The van der Waals surface area contributed by atoms with E-state index in [-0.39, 0.29) is 18.0 Å². The molecular weight excluding hydrogens is 556 g/mol. The molecule has 0 spiro atoms. The number of phenols is 1. The van der Waals surface area contributed by atoms with Crippen LogP contribution in [-0.4, -0.2) is 80.3 Å². The minimum atomic E-state index is -0.612. The maximum atomic E-state index is 13.5. The molecule has 2 atom stereocenters. The third-order valence-electron chi connectivity index (χ3n) is 8.31. The van der Waals surface area contributed by atoms with Gasteiger partial charge in [0, 0.05) is 31.4 Å². The summed E-state index contributed by atoms with van der Waals surface area (Å²) in [5.41, 5.74) is 0.583. The summed E-state index contributed by atoms with van der Waals surface area (Å²) in [6, 6.07) is 6.88. The second-order valence-corrected chi connectivity index (χ2v) is 14.3. The predicted octanol–water partition coefficient (Wildman–Crippen LogP) is 5.43. The Morgan fingerprint density at radius 3 is 2.44 bits per heavy atom. The van der Waals surface area contributed by atoms with E-state index in [0.29, 0.717) is 28.3 Å². The molecule has 3 N–H and O–H groups in total. The van der Waals surface area contributed by atoms with Gasteiger partial charge < -0.3 is 20.5 Å². The van der Waals surface area contributed by atoms with Crippen LogP contribution in [0.25, 0.3) is 0 Å². The van der Waals surface area contributed by atoms with E-state index in [1.165, 1.54) is 37.7 Å². The van der Waals surface area contributed by atoms with Crippen molar-refractivity contribution in [3.8, 4) is 5.75 Å². The summed E-state index contributed by atoms with van der Waals surface area (Å²) in [4.78, 5) is 31.0. The van der Waals surface area contributed by atoms with Crippen LogP contribution in [0.5, 0.6) is 5.75 Å². The van der Waals surface area contributed by atoms with Crippen LogP contribution >= 0.6 is 24.0 Å². The maximum absolute atomic E-state index is 13.5. The summed E-state index contributed by atoms with van der Waals surface area (Å²) in [5.74, 6) is 1.84. The van der Waals surface area contributed by atoms with Gasteiger partial charge in [0.1, 0.15) is 17.4 Å². The highest BCUT2D eigenvalue weighted by atomic mass is 32.2. The molecule has 2 aliphatic heterocycles. The molecule has 0 aromatic heterocycles. The van der Waals surface area contributed by atoms with Gasteiger partial charge >= 0.3 is 6.09 Å². The Morgan fingerprint density at radius 2 is 1.78 bits per heavy atom. The second-order valence-electron chi connectivity index (χ2n) is 12.8. The zero-order valence-corrected chi connectivity index (χ0v) is 26.5. The van der Waals surface area contributed by atoms with Crippen LogP contribution < -0.4 is 10.6 Å². The van der Waals surface area contributed by atoms with Crippen LogP contribution in [-0.2, 0) is 16.1 Å². The summed E-state index contributed by atoms with van der Waals surface area (Å²) in [7, 11) is 0. The fraction of sp³-hybridized carbons (Fsp3) is 0.710. The normalized spacial score (nSPS) is 21.8. The minimum absolute atomic E-state index is 0.151. The zero-order valence-electron chi connectivity index (χ0n) is 24.9. The molecule has 2 amide bonds. The number of thioether (sulfide) groups is 1. The van der Waals surface area contributed by atoms with Crippen molar-refractivity contribution >= 4 is 41.0 Å². The van der Waals surface area contributed by atoms with Gasteiger partial charge in [0.25, 0.3) is 0 Å². The first-order valence-electron chi connectivity index (χ1n) is 15.3. The summed E-state index contributed by atoms with van der Waals surface area (Å²) < 4.78 is 5.57. The Balaban J connectivity index is 1.33. The summed E-state index contributed by atoms with van der Waals surface area (Å²) in [6.45, 7) is 8.31. The lowest BCUT2D eigenvalue weighted by atomic mass is 9.85. The quantitative estimate of drug-likeness (QED) is 0.322. The Kier molecular flexibility index (Phi) is 11.6. The van der Waals surface area contributed by atoms with E-state index in [2.05, 4.69) is 15.5 Å². The Morgan fingerprint density at radius 1 is 1.10 bits per heavy atom. The van der Waals surface area contributed by atoms with Crippen LogP contribution in [0.1, 0.15) is 84.1 Å². The molecular formula is C31H48N4O4S2. The van der Waals surface area contributed by atoms with Crippen molar-refractivity contribution in [1.82, 2.24) is 20.4 Å². The van der Waals surface area contributed by atoms with Gasteiger partial charge in [0.2, 0.25) is 5.91 Å². The van der Waals surface area contributed by atoms with Gasteiger partial charge in [-0.05, 0) is 70.1 Å². The minimum Gasteiger partial charge on any atom is -0.508 e. The van der Waals surface area contributed by atoms with Gasteiger partial charge in [-0.3, -0.25) is 14.6 Å². The first-order valence-corrected chi connectivity index (χ1v) is 16.8. The van der Waals surface area contributed by atoms with Gasteiger partial charge in [0.15, 0.2) is 0 Å². The molecule has 4 rings (SSSR count). The maximum Gasteiger partial charge on any atom is 0.411 e. The highest BCUT2D eigenvalue weighted by molar-refractivity contribution is 7.99. The third kappa shape index (κ3) is 10.0. The van der Waals surface area contributed by atoms with Gasteiger partial charge in [-0.25, -0.2) is 4.79 Å². The SMILES string of the molecule is CC(C)(C)OC(=O)N1CSC[C@H]1C(=O)N[C@H](CCC1CCCCC1)C(=S)NC1CCN(Cc2ccc(O)cc2)CC1. The average Bonchev–Trinajstić information content (AvgIpc) is 3.44. The first-order chi connectivity index (χ1) is 19.6. The highest BCUT2D eigenvalue weighted by Crippen LogP contribution is 2.29. The highest BCUT2D eigenvalue weighted by Gasteiger charge is 2.38. The van der Waals surface area contributed by atoms with E-state index < -0.39 is 17.7 Å². The van der Waals surface area contributed by atoms with Crippen molar-refractivity contribution < 1.29 is 19.4 Å². The molecule has 3 fully saturated rings. The number of nitrogens with zero attached hydrogens (tertiary/aromatic N) is 2. The van der Waals surface area contributed by atoms with Crippen LogP contribution in [0.3, 0.4) is 0 Å².